The van der Waals surface area contributed by atoms with Gasteiger partial charge < -0.3 is 17.7 Å². The predicted molar refractivity (Wildman–Crippen MR) is 62.7 cm³/mol. The van der Waals surface area contributed by atoms with E-state index in [0.717, 1.165) is 37.8 Å². The van der Waals surface area contributed by atoms with Gasteiger partial charge in [-0.3, -0.25) is 0 Å². The van der Waals surface area contributed by atoms with Gasteiger partial charge in [-0.05, 0) is 37.8 Å². The molecule has 0 atom stereocenters. The van der Waals surface area contributed by atoms with Crippen LogP contribution in [-0.2, 0) is 0 Å². The second-order valence-electron chi connectivity index (χ2n) is 4.53. The number of halogens is 3. The van der Waals surface area contributed by atoms with Crippen LogP contribution in [0.15, 0.2) is 24.3 Å². The minimum Gasteiger partial charge on any atom is -0.491 e. The van der Waals surface area contributed by atoms with Gasteiger partial charge in [0.05, 0.1) is 6.10 Å². The van der Waals surface area contributed by atoms with Gasteiger partial charge in [-0.15, -0.1) is 5.46 Å². The molecule has 0 bridgehead atoms. The molecular formula is C12H15BF3KO. The van der Waals surface area contributed by atoms with Gasteiger partial charge in [0.1, 0.15) is 5.75 Å². The summed E-state index contributed by atoms with van der Waals surface area (Å²) >= 11 is 0. The Morgan fingerprint density at radius 3 is 2.33 bits per heavy atom. The molecular weight excluding hydrogens is 267 g/mol. The van der Waals surface area contributed by atoms with E-state index in [9.17, 15) is 12.9 Å². The molecule has 0 amide bonds. The van der Waals surface area contributed by atoms with E-state index in [2.05, 4.69) is 0 Å². The fraction of sp³-hybridized carbons (Fsp3) is 0.500. The van der Waals surface area contributed by atoms with E-state index >= 15 is 0 Å². The summed E-state index contributed by atoms with van der Waals surface area (Å²) < 4.78 is 43.3. The van der Waals surface area contributed by atoms with Gasteiger partial charge in [-0.2, -0.15) is 0 Å². The zero-order valence-corrected chi connectivity index (χ0v) is 13.7. The molecule has 0 N–H and O–H groups in total. The molecule has 6 heteroatoms. The third-order valence-corrected chi connectivity index (χ3v) is 3.09. The van der Waals surface area contributed by atoms with E-state index in [-0.39, 0.29) is 57.5 Å². The molecule has 0 saturated heterocycles. The van der Waals surface area contributed by atoms with E-state index < -0.39 is 12.4 Å². The molecule has 1 aromatic rings. The normalized spacial score (nSPS) is 17.1. The Morgan fingerprint density at radius 1 is 1.06 bits per heavy atom. The van der Waals surface area contributed by atoms with Crippen LogP contribution in [-0.4, -0.2) is 13.1 Å². The first-order chi connectivity index (χ1) is 8.05. The topological polar surface area (TPSA) is 9.23 Å². The standard InChI is InChI=1S/C12H15BF3O.K/c14-13(15,16)10-5-4-8-12(9-10)17-11-6-2-1-3-7-11;/h4-5,8-9,11H,1-3,6-7H2;/q-1;+1. The summed E-state index contributed by atoms with van der Waals surface area (Å²) in [5.41, 5.74) is -0.585. The fourth-order valence-electron chi connectivity index (χ4n) is 2.17. The summed E-state index contributed by atoms with van der Waals surface area (Å²) in [7, 11) is 0. The van der Waals surface area contributed by atoms with Crippen molar-refractivity contribution >= 4 is 12.4 Å². The van der Waals surface area contributed by atoms with Crippen molar-refractivity contribution in [2.24, 2.45) is 0 Å². The molecule has 0 spiro atoms. The molecule has 0 heterocycles. The summed E-state index contributed by atoms with van der Waals surface area (Å²) in [6, 6.07) is 5.20. The molecule has 94 valence electrons. The summed E-state index contributed by atoms with van der Waals surface area (Å²) in [4.78, 5) is 0. The van der Waals surface area contributed by atoms with Crippen LogP contribution in [0.5, 0.6) is 5.75 Å². The van der Waals surface area contributed by atoms with E-state index in [4.69, 9.17) is 4.74 Å². The molecule has 2 rings (SSSR count). The van der Waals surface area contributed by atoms with Crippen molar-refractivity contribution in [3.05, 3.63) is 24.3 Å². The van der Waals surface area contributed by atoms with Crippen LogP contribution < -0.4 is 61.6 Å². The molecule has 1 aromatic carbocycles. The largest absolute Gasteiger partial charge is 1.00 e. The minimum absolute atomic E-state index is 0. The monoisotopic (exact) mass is 282 g/mol. The quantitative estimate of drug-likeness (QED) is 0.732. The van der Waals surface area contributed by atoms with Crippen molar-refractivity contribution in [2.75, 3.05) is 0 Å². The van der Waals surface area contributed by atoms with Crippen molar-refractivity contribution < 1.29 is 69.1 Å². The molecule has 1 saturated carbocycles. The van der Waals surface area contributed by atoms with E-state index in [1.165, 1.54) is 12.5 Å². The number of rotatable bonds is 3. The Labute approximate surface area is 148 Å². The summed E-state index contributed by atoms with van der Waals surface area (Å²) in [6.45, 7) is -4.93. The number of hydrogen-bond acceptors (Lipinski definition) is 1. The zero-order valence-electron chi connectivity index (χ0n) is 10.5. The van der Waals surface area contributed by atoms with Crippen molar-refractivity contribution in [1.82, 2.24) is 0 Å². The predicted octanol–water partition coefficient (Wildman–Crippen LogP) is 0.456. The van der Waals surface area contributed by atoms with Crippen LogP contribution in [0.3, 0.4) is 0 Å². The van der Waals surface area contributed by atoms with Crippen LogP contribution in [0.25, 0.3) is 0 Å². The Balaban J connectivity index is 0.00000162. The molecule has 0 unspecified atom stereocenters. The molecule has 1 aliphatic rings. The Hall–Kier alpha value is 0.511. The van der Waals surface area contributed by atoms with Crippen molar-refractivity contribution in [3.8, 4) is 5.75 Å². The molecule has 0 aromatic heterocycles. The first-order valence-corrected chi connectivity index (χ1v) is 6.02. The Morgan fingerprint density at radius 2 is 1.72 bits per heavy atom. The van der Waals surface area contributed by atoms with Crippen molar-refractivity contribution in [3.63, 3.8) is 0 Å². The second-order valence-corrected chi connectivity index (χ2v) is 4.53. The number of hydrogen-bond donors (Lipinski definition) is 0. The average molecular weight is 282 g/mol. The van der Waals surface area contributed by atoms with Gasteiger partial charge in [0.25, 0.3) is 0 Å². The Kier molecular flexibility index (Phi) is 6.75. The zero-order chi connectivity index (χ0) is 12.3. The van der Waals surface area contributed by atoms with Gasteiger partial charge in [-0.1, -0.05) is 18.6 Å². The van der Waals surface area contributed by atoms with E-state index in [1.54, 1.807) is 6.07 Å². The summed E-state index contributed by atoms with van der Waals surface area (Å²) in [5.74, 6) is 0.341. The summed E-state index contributed by atoms with van der Waals surface area (Å²) in [5, 5.41) is 0. The molecule has 1 nitrogen and oxygen atoms in total. The maximum Gasteiger partial charge on any atom is 1.00 e. The first-order valence-electron chi connectivity index (χ1n) is 6.02. The molecule has 0 radical (unpaired) electrons. The molecule has 1 aliphatic carbocycles. The average Bonchev–Trinajstić information content (AvgIpc) is 2.29. The van der Waals surface area contributed by atoms with Crippen LogP contribution >= 0.6 is 0 Å². The molecule has 18 heavy (non-hydrogen) atoms. The first kappa shape index (κ1) is 16.6. The maximum atomic E-state index is 12.6. The van der Waals surface area contributed by atoms with Crippen LogP contribution in [0.4, 0.5) is 12.9 Å². The summed E-state index contributed by atoms with van der Waals surface area (Å²) in [6.07, 6.45) is 5.38. The Bertz CT molecular complexity index is 378. The minimum atomic E-state index is -4.93. The van der Waals surface area contributed by atoms with Gasteiger partial charge in [-0.25, -0.2) is 0 Å². The second kappa shape index (κ2) is 7.34. The maximum absolute atomic E-state index is 12.6. The van der Waals surface area contributed by atoms with Gasteiger partial charge >= 0.3 is 58.4 Å². The van der Waals surface area contributed by atoms with Crippen LogP contribution in [0.2, 0.25) is 0 Å². The fourth-order valence-corrected chi connectivity index (χ4v) is 2.17. The third-order valence-electron chi connectivity index (χ3n) is 3.09. The van der Waals surface area contributed by atoms with Crippen molar-refractivity contribution in [2.45, 2.75) is 38.2 Å². The third kappa shape index (κ3) is 4.89. The van der Waals surface area contributed by atoms with E-state index in [1.807, 2.05) is 0 Å². The molecule has 0 aliphatic heterocycles. The van der Waals surface area contributed by atoms with E-state index in [0.29, 0.717) is 5.75 Å². The van der Waals surface area contributed by atoms with Gasteiger partial charge in [0.15, 0.2) is 0 Å². The van der Waals surface area contributed by atoms with Crippen molar-refractivity contribution in [1.29, 1.82) is 0 Å². The van der Waals surface area contributed by atoms with Crippen LogP contribution in [0.1, 0.15) is 32.1 Å². The number of benzene rings is 1. The SMILES string of the molecule is F[B-](F)(F)c1cccc(OC2CCCCC2)c1.[K+]. The smallest absolute Gasteiger partial charge is 0.491 e. The number of ether oxygens (including phenoxy) is 1. The van der Waals surface area contributed by atoms with Gasteiger partial charge in [0.2, 0.25) is 0 Å². The van der Waals surface area contributed by atoms with Crippen LogP contribution in [0, 0.1) is 0 Å². The van der Waals surface area contributed by atoms with Gasteiger partial charge in [0, 0.05) is 0 Å². The molecule has 1 fully saturated rings.